The Morgan fingerprint density at radius 2 is 1.76 bits per heavy atom. The number of rotatable bonds is 3. The van der Waals surface area contributed by atoms with Crippen molar-refractivity contribution in [1.29, 1.82) is 0 Å². The van der Waals surface area contributed by atoms with E-state index >= 15 is 0 Å². The maximum atomic E-state index is 12.0. The summed E-state index contributed by atoms with van der Waals surface area (Å²) in [6, 6.07) is 0. The van der Waals surface area contributed by atoms with Gasteiger partial charge >= 0.3 is 0 Å². The summed E-state index contributed by atoms with van der Waals surface area (Å²) in [5, 5.41) is 0. The van der Waals surface area contributed by atoms with Gasteiger partial charge in [0.1, 0.15) is 0 Å². The van der Waals surface area contributed by atoms with Crippen LogP contribution in [0.25, 0.3) is 0 Å². The van der Waals surface area contributed by atoms with E-state index in [-0.39, 0.29) is 5.91 Å². The average molecular weight is 257 g/mol. The topological polar surface area (TPSA) is 37.4 Å². The quantitative estimate of drug-likeness (QED) is 0.775. The molecule has 98 valence electrons. The van der Waals surface area contributed by atoms with Crippen molar-refractivity contribution >= 4 is 16.7 Å². The van der Waals surface area contributed by atoms with Crippen molar-refractivity contribution in [3.05, 3.63) is 0 Å². The molecule has 17 heavy (non-hydrogen) atoms. The lowest BCUT2D eigenvalue weighted by Gasteiger charge is -2.27. The molecule has 3 nitrogen and oxygen atoms in total. The monoisotopic (exact) mass is 257 g/mol. The first kappa shape index (κ1) is 13.1. The SMILES string of the molecule is O=C(CCC1CCCCC1)N1CCS(=O)CC1. The van der Waals surface area contributed by atoms with E-state index in [1.807, 2.05) is 4.90 Å². The van der Waals surface area contributed by atoms with Crippen molar-refractivity contribution in [2.24, 2.45) is 5.92 Å². The molecule has 0 atom stereocenters. The number of nitrogens with zero attached hydrogens (tertiary/aromatic N) is 1. The molecule has 0 aromatic carbocycles. The minimum absolute atomic E-state index is 0.285. The number of carbonyl (C=O) groups excluding carboxylic acids is 1. The standard InChI is InChI=1S/C13H23NO2S/c15-13(14-8-10-17(16)11-9-14)7-6-12-4-2-1-3-5-12/h12H,1-11H2. The molecule has 0 spiro atoms. The fraction of sp³-hybridized carbons (Fsp3) is 0.923. The molecular formula is C13H23NO2S. The number of amides is 1. The highest BCUT2D eigenvalue weighted by Gasteiger charge is 2.21. The lowest BCUT2D eigenvalue weighted by molar-refractivity contribution is -0.131. The van der Waals surface area contributed by atoms with Crippen LogP contribution in [0.3, 0.4) is 0 Å². The van der Waals surface area contributed by atoms with E-state index in [1.54, 1.807) is 0 Å². The summed E-state index contributed by atoms with van der Waals surface area (Å²) >= 11 is 0. The van der Waals surface area contributed by atoms with E-state index in [1.165, 1.54) is 32.1 Å². The van der Waals surface area contributed by atoms with Gasteiger partial charge in [0.05, 0.1) is 0 Å². The molecule has 2 aliphatic rings. The first-order valence-electron chi connectivity index (χ1n) is 6.88. The van der Waals surface area contributed by atoms with Crippen molar-refractivity contribution in [1.82, 2.24) is 4.90 Å². The molecule has 0 bridgehead atoms. The zero-order valence-electron chi connectivity index (χ0n) is 10.5. The van der Waals surface area contributed by atoms with Crippen LogP contribution in [0.4, 0.5) is 0 Å². The minimum atomic E-state index is -0.680. The molecule has 0 aromatic rings. The first-order valence-corrected chi connectivity index (χ1v) is 8.37. The molecule has 0 unspecified atom stereocenters. The zero-order valence-corrected chi connectivity index (χ0v) is 11.3. The molecule has 0 N–H and O–H groups in total. The number of hydrogen-bond donors (Lipinski definition) is 0. The second-order valence-electron chi connectivity index (χ2n) is 5.27. The van der Waals surface area contributed by atoms with Crippen LogP contribution in [0.1, 0.15) is 44.9 Å². The van der Waals surface area contributed by atoms with Crippen LogP contribution in [0.15, 0.2) is 0 Å². The summed E-state index contributed by atoms with van der Waals surface area (Å²) in [6.45, 7) is 1.41. The molecule has 1 aliphatic carbocycles. The molecule has 1 heterocycles. The van der Waals surface area contributed by atoms with Crippen LogP contribution < -0.4 is 0 Å². The minimum Gasteiger partial charge on any atom is -0.341 e. The van der Waals surface area contributed by atoms with Gasteiger partial charge in [0, 0.05) is 41.8 Å². The van der Waals surface area contributed by atoms with Gasteiger partial charge in [-0.25, -0.2) is 0 Å². The Balaban J connectivity index is 1.67. The van der Waals surface area contributed by atoms with Crippen molar-refractivity contribution in [3.8, 4) is 0 Å². The highest BCUT2D eigenvalue weighted by atomic mass is 32.2. The Hall–Kier alpha value is -0.380. The molecule has 1 aliphatic heterocycles. The van der Waals surface area contributed by atoms with Crippen molar-refractivity contribution < 1.29 is 9.00 Å². The fourth-order valence-corrected chi connectivity index (χ4v) is 3.90. The molecule has 1 saturated carbocycles. The van der Waals surface area contributed by atoms with Crippen molar-refractivity contribution in [2.75, 3.05) is 24.6 Å². The highest BCUT2D eigenvalue weighted by Crippen LogP contribution is 2.27. The van der Waals surface area contributed by atoms with Gasteiger partial charge in [-0.05, 0) is 12.3 Å². The summed E-state index contributed by atoms with van der Waals surface area (Å²) in [4.78, 5) is 13.9. The molecular weight excluding hydrogens is 234 g/mol. The van der Waals surface area contributed by atoms with E-state index in [0.717, 1.165) is 12.3 Å². The second kappa shape index (κ2) is 6.53. The van der Waals surface area contributed by atoms with Gasteiger partial charge in [0.25, 0.3) is 0 Å². The fourth-order valence-electron chi connectivity index (χ4n) is 2.85. The van der Waals surface area contributed by atoms with Crippen LogP contribution >= 0.6 is 0 Å². The van der Waals surface area contributed by atoms with Gasteiger partial charge in [-0.15, -0.1) is 0 Å². The van der Waals surface area contributed by atoms with Gasteiger partial charge < -0.3 is 4.90 Å². The summed E-state index contributed by atoms with van der Waals surface area (Å²) in [5.74, 6) is 2.42. The van der Waals surface area contributed by atoms with Gasteiger partial charge in [-0.3, -0.25) is 9.00 Å². The number of carbonyl (C=O) groups is 1. The van der Waals surface area contributed by atoms with E-state index in [9.17, 15) is 9.00 Å². The zero-order chi connectivity index (χ0) is 12.1. The molecule has 0 aromatic heterocycles. The molecule has 0 radical (unpaired) electrons. The predicted molar refractivity (Wildman–Crippen MR) is 70.3 cm³/mol. The Kier molecular flexibility index (Phi) is 5.01. The van der Waals surface area contributed by atoms with Crippen LogP contribution in [-0.2, 0) is 15.6 Å². The molecule has 1 saturated heterocycles. The summed E-state index contributed by atoms with van der Waals surface area (Å²) < 4.78 is 11.2. The predicted octanol–water partition coefficient (Wildman–Crippen LogP) is 1.94. The Morgan fingerprint density at radius 1 is 1.12 bits per heavy atom. The van der Waals surface area contributed by atoms with Gasteiger partial charge in [0.2, 0.25) is 5.91 Å². The maximum Gasteiger partial charge on any atom is 0.222 e. The number of hydrogen-bond acceptors (Lipinski definition) is 2. The van der Waals surface area contributed by atoms with Crippen LogP contribution in [0.5, 0.6) is 0 Å². The maximum absolute atomic E-state index is 12.0. The lowest BCUT2D eigenvalue weighted by atomic mass is 9.86. The molecule has 4 heteroatoms. The van der Waals surface area contributed by atoms with E-state index in [2.05, 4.69) is 0 Å². The summed E-state index contributed by atoms with van der Waals surface area (Å²) in [5.41, 5.74) is 0. The lowest BCUT2D eigenvalue weighted by Crippen LogP contribution is -2.41. The Morgan fingerprint density at radius 3 is 2.41 bits per heavy atom. The van der Waals surface area contributed by atoms with Gasteiger partial charge in [0.15, 0.2) is 0 Å². The first-order chi connectivity index (χ1) is 8.25. The largest absolute Gasteiger partial charge is 0.341 e. The third-order valence-electron chi connectivity index (χ3n) is 4.02. The van der Waals surface area contributed by atoms with E-state index in [0.29, 0.717) is 31.0 Å². The normalized spacial score (nSPS) is 23.9. The van der Waals surface area contributed by atoms with Crippen LogP contribution in [0, 0.1) is 5.92 Å². The molecule has 1 amide bonds. The van der Waals surface area contributed by atoms with E-state index in [4.69, 9.17) is 0 Å². The Labute approximate surface area is 106 Å². The van der Waals surface area contributed by atoms with Crippen LogP contribution in [-0.4, -0.2) is 39.6 Å². The third kappa shape index (κ3) is 4.09. The molecule has 2 fully saturated rings. The van der Waals surface area contributed by atoms with Crippen molar-refractivity contribution in [2.45, 2.75) is 44.9 Å². The van der Waals surface area contributed by atoms with Crippen LogP contribution in [0.2, 0.25) is 0 Å². The Bertz CT molecular complexity index is 277. The van der Waals surface area contributed by atoms with Crippen molar-refractivity contribution in [3.63, 3.8) is 0 Å². The summed E-state index contributed by atoms with van der Waals surface area (Å²) in [7, 11) is -0.680. The average Bonchev–Trinajstić information content (AvgIpc) is 2.38. The third-order valence-corrected chi connectivity index (χ3v) is 5.30. The smallest absolute Gasteiger partial charge is 0.222 e. The summed E-state index contributed by atoms with van der Waals surface area (Å²) in [6.07, 6.45) is 8.48. The second-order valence-corrected chi connectivity index (χ2v) is 6.97. The van der Waals surface area contributed by atoms with Gasteiger partial charge in [-0.2, -0.15) is 0 Å². The highest BCUT2D eigenvalue weighted by molar-refractivity contribution is 7.85. The molecule has 2 rings (SSSR count). The van der Waals surface area contributed by atoms with Gasteiger partial charge in [-0.1, -0.05) is 32.1 Å². The van der Waals surface area contributed by atoms with E-state index < -0.39 is 10.8 Å².